The van der Waals surface area contributed by atoms with Crippen LogP contribution in [0.5, 0.6) is 0 Å². The standard InChI is InChI=1S/C12H21N/c1-2-10-8-13(9-10)11-4-3-5-12(11)6-7-12/h10-11H,2-9H2,1H3. The number of hydrogen-bond donors (Lipinski definition) is 0. The smallest absolute Gasteiger partial charge is 0.0152 e. The second kappa shape index (κ2) is 2.73. The normalized spacial score (nSPS) is 38.1. The molecule has 13 heavy (non-hydrogen) atoms. The van der Waals surface area contributed by atoms with Crippen LogP contribution < -0.4 is 0 Å². The average Bonchev–Trinajstić information content (AvgIpc) is 2.68. The Bertz CT molecular complexity index is 201. The van der Waals surface area contributed by atoms with Crippen LogP contribution in [0.1, 0.15) is 45.4 Å². The van der Waals surface area contributed by atoms with Crippen molar-refractivity contribution >= 4 is 0 Å². The molecule has 3 rings (SSSR count). The topological polar surface area (TPSA) is 3.24 Å². The maximum atomic E-state index is 2.79. The molecule has 1 aliphatic heterocycles. The minimum Gasteiger partial charge on any atom is -0.299 e. The Balaban J connectivity index is 1.61. The van der Waals surface area contributed by atoms with Crippen LogP contribution in [-0.2, 0) is 0 Å². The summed E-state index contributed by atoms with van der Waals surface area (Å²) in [6, 6.07) is 1.01. The summed E-state index contributed by atoms with van der Waals surface area (Å²) >= 11 is 0. The summed E-state index contributed by atoms with van der Waals surface area (Å²) in [7, 11) is 0. The first-order chi connectivity index (χ1) is 6.34. The van der Waals surface area contributed by atoms with Crippen molar-refractivity contribution in [3.8, 4) is 0 Å². The molecule has 0 radical (unpaired) electrons. The van der Waals surface area contributed by atoms with Crippen molar-refractivity contribution in [2.75, 3.05) is 13.1 Å². The van der Waals surface area contributed by atoms with E-state index >= 15 is 0 Å². The Morgan fingerprint density at radius 3 is 2.62 bits per heavy atom. The van der Waals surface area contributed by atoms with E-state index in [0.717, 1.165) is 17.4 Å². The van der Waals surface area contributed by atoms with Crippen molar-refractivity contribution in [3.05, 3.63) is 0 Å². The van der Waals surface area contributed by atoms with Crippen molar-refractivity contribution in [1.29, 1.82) is 0 Å². The Morgan fingerprint density at radius 1 is 1.23 bits per heavy atom. The Kier molecular flexibility index (Phi) is 1.74. The molecule has 1 atom stereocenters. The van der Waals surface area contributed by atoms with Gasteiger partial charge in [0, 0.05) is 19.1 Å². The fraction of sp³-hybridized carbons (Fsp3) is 1.00. The molecule has 3 fully saturated rings. The van der Waals surface area contributed by atoms with E-state index < -0.39 is 0 Å². The SMILES string of the molecule is CCC1CN(C2CCCC23CC3)C1. The van der Waals surface area contributed by atoms with Crippen LogP contribution in [-0.4, -0.2) is 24.0 Å². The van der Waals surface area contributed by atoms with Crippen LogP contribution in [0.15, 0.2) is 0 Å². The van der Waals surface area contributed by atoms with Gasteiger partial charge in [-0.1, -0.05) is 19.8 Å². The first-order valence-corrected chi connectivity index (χ1v) is 6.08. The van der Waals surface area contributed by atoms with Gasteiger partial charge in [-0.25, -0.2) is 0 Å². The highest BCUT2D eigenvalue weighted by Gasteiger charge is 2.55. The summed E-state index contributed by atoms with van der Waals surface area (Å²) in [5.41, 5.74) is 0.846. The van der Waals surface area contributed by atoms with Gasteiger partial charge in [0.1, 0.15) is 0 Å². The average molecular weight is 179 g/mol. The van der Waals surface area contributed by atoms with Gasteiger partial charge in [0.15, 0.2) is 0 Å². The van der Waals surface area contributed by atoms with Crippen molar-refractivity contribution < 1.29 is 0 Å². The van der Waals surface area contributed by atoms with Gasteiger partial charge in [-0.15, -0.1) is 0 Å². The second-order valence-electron chi connectivity index (χ2n) is 5.50. The van der Waals surface area contributed by atoms with Gasteiger partial charge in [-0.3, -0.25) is 4.90 Å². The molecule has 0 aromatic carbocycles. The van der Waals surface area contributed by atoms with E-state index in [1.165, 1.54) is 32.4 Å². The number of hydrogen-bond acceptors (Lipinski definition) is 1. The van der Waals surface area contributed by atoms with Crippen LogP contribution in [0.2, 0.25) is 0 Å². The minimum atomic E-state index is 0.846. The zero-order valence-corrected chi connectivity index (χ0v) is 8.76. The van der Waals surface area contributed by atoms with E-state index in [2.05, 4.69) is 11.8 Å². The summed E-state index contributed by atoms with van der Waals surface area (Å²) < 4.78 is 0. The molecule has 0 aromatic rings. The molecule has 2 aliphatic carbocycles. The zero-order chi connectivity index (χ0) is 8.89. The summed E-state index contributed by atoms with van der Waals surface area (Å²) in [6.07, 6.45) is 9.06. The first kappa shape index (κ1) is 8.28. The molecule has 1 nitrogen and oxygen atoms in total. The van der Waals surface area contributed by atoms with E-state index in [1.807, 2.05) is 0 Å². The van der Waals surface area contributed by atoms with E-state index in [9.17, 15) is 0 Å². The summed E-state index contributed by atoms with van der Waals surface area (Å²) in [5, 5.41) is 0. The highest BCUT2D eigenvalue weighted by atomic mass is 15.2. The third-order valence-corrected chi connectivity index (χ3v) is 4.75. The molecule has 0 bridgehead atoms. The molecule has 1 heterocycles. The molecule has 1 heteroatoms. The number of likely N-dealkylation sites (tertiary alicyclic amines) is 1. The van der Waals surface area contributed by atoms with Gasteiger partial charge in [-0.2, -0.15) is 0 Å². The van der Waals surface area contributed by atoms with Gasteiger partial charge in [0.2, 0.25) is 0 Å². The van der Waals surface area contributed by atoms with Gasteiger partial charge in [-0.05, 0) is 37.0 Å². The summed E-state index contributed by atoms with van der Waals surface area (Å²) in [5.74, 6) is 1.04. The molecular weight excluding hydrogens is 158 g/mol. The molecular formula is C12H21N. The molecule has 0 N–H and O–H groups in total. The van der Waals surface area contributed by atoms with Gasteiger partial charge in [0.25, 0.3) is 0 Å². The lowest BCUT2D eigenvalue weighted by Crippen LogP contribution is -2.53. The Morgan fingerprint density at radius 2 is 2.00 bits per heavy atom. The largest absolute Gasteiger partial charge is 0.299 e. The molecule has 1 spiro atoms. The lowest BCUT2D eigenvalue weighted by molar-refractivity contribution is 0.0273. The molecule has 1 saturated heterocycles. The predicted molar refractivity (Wildman–Crippen MR) is 54.7 cm³/mol. The lowest BCUT2D eigenvalue weighted by Gasteiger charge is -2.45. The molecule has 74 valence electrons. The maximum Gasteiger partial charge on any atom is 0.0152 e. The Labute approximate surface area is 81.5 Å². The van der Waals surface area contributed by atoms with E-state index in [1.54, 1.807) is 19.3 Å². The zero-order valence-electron chi connectivity index (χ0n) is 8.76. The van der Waals surface area contributed by atoms with Crippen LogP contribution >= 0.6 is 0 Å². The number of nitrogens with zero attached hydrogens (tertiary/aromatic N) is 1. The van der Waals surface area contributed by atoms with Crippen molar-refractivity contribution in [2.45, 2.75) is 51.5 Å². The predicted octanol–water partition coefficient (Wildman–Crippen LogP) is 2.66. The maximum absolute atomic E-state index is 2.79. The van der Waals surface area contributed by atoms with E-state index in [0.29, 0.717) is 0 Å². The second-order valence-corrected chi connectivity index (χ2v) is 5.50. The molecule has 0 aromatic heterocycles. The van der Waals surface area contributed by atoms with Crippen LogP contribution in [0.4, 0.5) is 0 Å². The molecule has 2 saturated carbocycles. The van der Waals surface area contributed by atoms with E-state index in [4.69, 9.17) is 0 Å². The van der Waals surface area contributed by atoms with E-state index in [-0.39, 0.29) is 0 Å². The van der Waals surface area contributed by atoms with Crippen molar-refractivity contribution in [2.24, 2.45) is 11.3 Å². The third kappa shape index (κ3) is 1.16. The summed E-state index contributed by atoms with van der Waals surface area (Å²) in [4.78, 5) is 2.79. The molecule has 0 amide bonds. The fourth-order valence-electron chi connectivity index (χ4n) is 3.56. The molecule has 1 unspecified atom stereocenters. The van der Waals surface area contributed by atoms with Gasteiger partial charge >= 0.3 is 0 Å². The van der Waals surface area contributed by atoms with Gasteiger partial charge < -0.3 is 0 Å². The van der Waals surface area contributed by atoms with Crippen LogP contribution in [0, 0.1) is 11.3 Å². The first-order valence-electron chi connectivity index (χ1n) is 6.08. The van der Waals surface area contributed by atoms with Crippen LogP contribution in [0.3, 0.4) is 0 Å². The molecule has 3 aliphatic rings. The Hall–Kier alpha value is -0.0400. The van der Waals surface area contributed by atoms with Crippen molar-refractivity contribution in [1.82, 2.24) is 4.90 Å². The van der Waals surface area contributed by atoms with Gasteiger partial charge in [0.05, 0.1) is 0 Å². The lowest BCUT2D eigenvalue weighted by atomic mass is 9.90. The number of rotatable bonds is 2. The monoisotopic (exact) mass is 179 g/mol. The van der Waals surface area contributed by atoms with Crippen LogP contribution in [0.25, 0.3) is 0 Å². The quantitative estimate of drug-likeness (QED) is 0.630. The third-order valence-electron chi connectivity index (χ3n) is 4.75. The van der Waals surface area contributed by atoms with Crippen molar-refractivity contribution in [3.63, 3.8) is 0 Å². The fourth-order valence-corrected chi connectivity index (χ4v) is 3.56. The summed E-state index contributed by atoms with van der Waals surface area (Å²) in [6.45, 7) is 5.18. The highest BCUT2D eigenvalue weighted by Crippen LogP contribution is 2.60. The highest BCUT2D eigenvalue weighted by molar-refractivity contribution is 5.08. The minimum absolute atomic E-state index is 0.846.